The molecule has 5 nitrogen and oxygen atoms in total. The Hall–Kier alpha value is -1.92. The van der Waals surface area contributed by atoms with Gasteiger partial charge in [-0.15, -0.1) is 0 Å². The molecule has 2 rings (SSSR count). The van der Waals surface area contributed by atoms with Gasteiger partial charge in [-0.05, 0) is 24.1 Å². The molecule has 0 spiro atoms. The van der Waals surface area contributed by atoms with Gasteiger partial charge in [-0.1, -0.05) is 25.1 Å². The summed E-state index contributed by atoms with van der Waals surface area (Å²) in [6.45, 7) is 2.03. The van der Waals surface area contributed by atoms with Crippen molar-refractivity contribution in [3.8, 4) is 11.6 Å². The fourth-order valence-electron chi connectivity index (χ4n) is 1.60. The molecule has 0 amide bonds. The number of sulfonamides is 1. The van der Waals surface area contributed by atoms with Crippen LogP contribution in [0.2, 0.25) is 0 Å². The van der Waals surface area contributed by atoms with E-state index in [0.717, 1.165) is 12.0 Å². The number of benzene rings is 1. The van der Waals surface area contributed by atoms with Crippen LogP contribution in [0.15, 0.2) is 47.5 Å². The first-order chi connectivity index (χ1) is 9.00. The number of aryl methyl sites for hydroxylation is 1. The van der Waals surface area contributed by atoms with Crippen molar-refractivity contribution < 1.29 is 13.2 Å². The summed E-state index contributed by atoms with van der Waals surface area (Å²) >= 11 is 0. The smallest absolute Gasteiger partial charge is 0.239 e. The van der Waals surface area contributed by atoms with E-state index in [2.05, 4.69) is 4.98 Å². The maximum Gasteiger partial charge on any atom is 0.239 e. The Morgan fingerprint density at radius 3 is 2.53 bits per heavy atom. The van der Waals surface area contributed by atoms with Crippen LogP contribution in [0.5, 0.6) is 11.6 Å². The zero-order valence-corrected chi connectivity index (χ0v) is 11.2. The van der Waals surface area contributed by atoms with E-state index < -0.39 is 10.0 Å². The Kier molecular flexibility index (Phi) is 3.82. The van der Waals surface area contributed by atoms with Crippen LogP contribution in [-0.2, 0) is 16.4 Å². The minimum absolute atomic E-state index is 0.0383. The number of pyridine rings is 1. The number of para-hydroxylation sites is 1. The van der Waals surface area contributed by atoms with Crippen molar-refractivity contribution in [3.63, 3.8) is 0 Å². The maximum absolute atomic E-state index is 11.1. The van der Waals surface area contributed by atoms with Gasteiger partial charge >= 0.3 is 0 Å². The third kappa shape index (κ3) is 3.30. The van der Waals surface area contributed by atoms with Crippen LogP contribution in [0, 0.1) is 0 Å². The molecule has 1 aromatic carbocycles. The van der Waals surface area contributed by atoms with E-state index in [1.165, 1.54) is 18.3 Å². The highest BCUT2D eigenvalue weighted by Crippen LogP contribution is 2.24. The Labute approximate surface area is 112 Å². The number of hydrogen-bond donors (Lipinski definition) is 1. The second kappa shape index (κ2) is 5.38. The van der Waals surface area contributed by atoms with Gasteiger partial charge in [0.05, 0.1) is 6.20 Å². The van der Waals surface area contributed by atoms with E-state index in [-0.39, 0.29) is 4.90 Å². The summed E-state index contributed by atoms with van der Waals surface area (Å²) in [7, 11) is -3.72. The van der Waals surface area contributed by atoms with E-state index in [1.807, 2.05) is 31.2 Å². The second-order valence-electron chi connectivity index (χ2n) is 3.94. The van der Waals surface area contributed by atoms with E-state index in [1.54, 1.807) is 0 Å². The number of nitrogens with zero attached hydrogens (tertiary/aromatic N) is 1. The van der Waals surface area contributed by atoms with Crippen molar-refractivity contribution in [2.75, 3.05) is 0 Å². The lowest BCUT2D eigenvalue weighted by atomic mass is 10.1. The van der Waals surface area contributed by atoms with Crippen molar-refractivity contribution in [2.45, 2.75) is 18.2 Å². The zero-order chi connectivity index (χ0) is 13.9. The van der Waals surface area contributed by atoms with Crippen LogP contribution >= 0.6 is 0 Å². The van der Waals surface area contributed by atoms with Crippen LogP contribution in [-0.4, -0.2) is 13.4 Å². The number of aromatic nitrogens is 1. The lowest BCUT2D eigenvalue weighted by Gasteiger charge is -2.09. The molecule has 0 saturated heterocycles. The molecule has 1 aromatic heterocycles. The Morgan fingerprint density at radius 2 is 1.95 bits per heavy atom. The van der Waals surface area contributed by atoms with Crippen molar-refractivity contribution in [1.29, 1.82) is 0 Å². The standard InChI is InChI=1S/C13H14N2O3S/c1-2-10-5-3-4-6-12(10)18-13-8-7-11(9-15-13)19(14,16)17/h3-9H,2H2,1H3,(H2,14,16,17). The molecule has 0 aliphatic rings. The second-order valence-corrected chi connectivity index (χ2v) is 5.50. The normalized spacial score (nSPS) is 11.3. The minimum Gasteiger partial charge on any atom is -0.439 e. The van der Waals surface area contributed by atoms with Crippen molar-refractivity contribution >= 4 is 10.0 Å². The van der Waals surface area contributed by atoms with Gasteiger partial charge in [0, 0.05) is 6.07 Å². The summed E-state index contributed by atoms with van der Waals surface area (Å²) in [5.41, 5.74) is 1.06. The Balaban J connectivity index is 2.25. The third-order valence-corrected chi connectivity index (χ3v) is 3.50. The molecular weight excluding hydrogens is 264 g/mol. The van der Waals surface area contributed by atoms with Crippen LogP contribution < -0.4 is 9.88 Å². The van der Waals surface area contributed by atoms with E-state index in [0.29, 0.717) is 11.6 Å². The molecule has 6 heteroatoms. The molecule has 0 bridgehead atoms. The average Bonchev–Trinajstić information content (AvgIpc) is 2.39. The lowest BCUT2D eigenvalue weighted by Crippen LogP contribution is -2.12. The SMILES string of the molecule is CCc1ccccc1Oc1ccc(S(N)(=O)=O)cn1. The van der Waals surface area contributed by atoms with Crippen molar-refractivity contribution in [2.24, 2.45) is 5.14 Å². The number of primary sulfonamides is 1. The molecule has 0 radical (unpaired) electrons. The molecule has 19 heavy (non-hydrogen) atoms. The van der Waals surface area contributed by atoms with E-state index >= 15 is 0 Å². The number of nitrogens with two attached hydrogens (primary N) is 1. The number of rotatable bonds is 4. The van der Waals surface area contributed by atoms with Crippen LogP contribution in [0.3, 0.4) is 0 Å². The summed E-state index contributed by atoms with van der Waals surface area (Å²) in [5.74, 6) is 1.04. The lowest BCUT2D eigenvalue weighted by molar-refractivity contribution is 0.456. The molecule has 100 valence electrons. The van der Waals surface area contributed by atoms with Gasteiger partial charge in [0.2, 0.25) is 15.9 Å². The maximum atomic E-state index is 11.1. The fraction of sp³-hybridized carbons (Fsp3) is 0.154. The van der Waals surface area contributed by atoms with Crippen LogP contribution in [0.25, 0.3) is 0 Å². The van der Waals surface area contributed by atoms with E-state index in [9.17, 15) is 8.42 Å². The third-order valence-electron chi connectivity index (χ3n) is 2.61. The topological polar surface area (TPSA) is 82.3 Å². The molecule has 0 unspecified atom stereocenters. The summed E-state index contributed by atoms with van der Waals surface area (Å²) in [5, 5.41) is 5.00. The first-order valence-corrected chi connectivity index (χ1v) is 7.30. The summed E-state index contributed by atoms with van der Waals surface area (Å²) in [6, 6.07) is 10.5. The van der Waals surface area contributed by atoms with E-state index in [4.69, 9.17) is 9.88 Å². The summed E-state index contributed by atoms with van der Waals surface area (Å²) < 4.78 is 27.8. The summed E-state index contributed by atoms with van der Waals surface area (Å²) in [4.78, 5) is 3.90. The average molecular weight is 278 g/mol. The fourth-order valence-corrected chi connectivity index (χ4v) is 2.06. The molecule has 0 fully saturated rings. The molecule has 0 aliphatic heterocycles. The molecule has 0 saturated carbocycles. The van der Waals surface area contributed by atoms with Crippen molar-refractivity contribution in [1.82, 2.24) is 4.98 Å². The van der Waals surface area contributed by atoms with Crippen LogP contribution in [0.4, 0.5) is 0 Å². The predicted molar refractivity (Wildman–Crippen MR) is 71.5 cm³/mol. The highest BCUT2D eigenvalue weighted by Gasteiger charge is 2.09. The van der Waals surface area contributed by atoms with Gasteiger partial charge < -0.3 is 4.74 Å². The molecule has 2 aromatic rings. The molecule has 0 atom stereocenters. The van der Waals surface area contributed by atoms with Gasteiger partial charge in [0.1, 0.15) is 10.6 Å². The Bertz CT molecular complexity index is 667. The van der Waals surface area contributed by atoms with Gasteiger partial charge in [-0.25, -0.2) is 18.5 Å². The monoisotopic (exact) mass is 278 g/mol. The van der Waals surface area contributed by atoms with Gasteiger partial charge in [-0.2, -0.15) is 0 Å². The van der Waals surface area contributed by atoms with Gasteiger partial charge in [0.25, 0.3) is 0 Å². The number of hydrogen-bond acceptors (Lipinski definition) is 4. The first kappa shape index (κ1) is 13.5. The first-order valence-electron chi connectivity index (χ1n) is 5.75. The van der Waals surface area contributed by atoms with Crippen molar-refractivity contribution in [3.05, 3.63) is 48.2 Å². The highest BCUT2D eigenvalue weighted by molar-refractivity contribution is 7.89. The summed E-state index contributed by atoms with van der Waals surface area (Å²) in [6.07, 6.45) is 2.02. The number of ether oxygens (including phenoxy) is 1. The molecule has 0 aliphatic carbocycles. The van der Waals surface area contributed by atoms with Gasteiger partial charge in [-0.3, -0.25) is 0 Å². The molecular formula is C13H14N2O3S. The molecule has 2 N–H and O–H groups in total. The highest BCUT2D eigenvalue weighted by atomic mass is 32.2. The quantitative estimate of drug-likeness (QED) is 0.928. The van der Waals surface area contributed by atoms with Crippen LogP contribution in [0.1, 0.15) is 12.5 Å². The van der Waals surface area contributed by atoms with Gasteiger partial charge in [0.15, 0.2) is 0 Å². The molecule has 1 heterocycles. The zero-order valence-electron chi connectivity index (χ0n) is 10.4. The minimum atomic E-state index is -3.72. The largest absolute Gasteiger partial charge is 0.439 e. The Morgan fingerprint density at radius 1 is 1.21 bits per heavy atom. The predicted octanol–water partition coefficient (Wildman–Crippen LogP) is 2.08.